The maximum atomic E-state index is 2.41. The molecule has 0 amide bonds. The Balaban J connectivity index is 1.92. The Morgan fingerprint density at radius 1 is 0.543 bits per heavy atom. The molecule has 194 valence electrons. The van der Waals surface area contributed by atoms with Gasteiger partial charge in [-0.25, -0.2) is 0 Å². The summed E-state index contributed by atoms with van der Waals surface area (Å²) in [5, 5.41) is 0. The van der Waals surface area contributed by atoms with Gasteiger partial charge in [0.25, 0.3) is 0 Å². The zero-order chi connectivity index (χ0) is 25.2. The lowest BCUT2D eigenvalue weighted by molar-refractivity contribution is 0.401. The highest BCUT2D eigenvalue weighted by atomic mass is 32.1. The number of unbranched alkanes of at least 4 members (excludes halogenated alkanes) is 2. The molecule has 3 heterocycles. The molecule has 0 spiro atoms. The molecule has 2 nitrogen and oxygen atoms in total. The number of aryl methyl sites for hydroxylation is 2. The third kappa shape index (κ3) is 8.53. The topological polar surface area (TPSA) is 6.48 Å². The van der Waals surface area contributed by atoms with Crippen LogP contribution < -0.4 is 0 Å². The fraction of sp³-hybridized carbons (Fsp3) is 0.600. The SMILES string of the molecule is CCCCc1c(-c2ccc(CCCN(C)C)s2)sc(-c2ccc(CCCN(C)C)s2)c1CCCC. The average molecular weight is 531 g/mol. The highest BCUT2D eigenvalue weighted by molar-refractivity contribution is 7.26. The van der Waals surface area contributed by atoms with Gasteiger partial charge in [-0.2, -0.15) is 0 Å². The number of nitrogens with zero attached hydrogens (tertiary/aromatic N) is 2. The van der Waals surface area contributed by atoms with E-state index in [-0.39, 0.29) is 0 Å². The van der Waals surface area contributed by atoms with Crippen molar-refractivity contribution < 1.29 is 0 Å². The molecular weight excluding hydrogens is 485 g/mol. The first-order chi connectivity index (χ1) is 16.9. The summed E-state index contributed by atoms with van der Waals surface area (Å²) in [6.07, 6.45) is 12.4. The zero-order valence-corrected chi connectivity index (χ0v) is 25.4. The monoisotopic (exact) mass is 530 g/mol. The maximum absolute atomic E-state index is 2.41. The second kappa shape index (κ2) is 14.7. The lowest BCUT2D eigenvalue weighted by Crippen LogP contribution is -2.13. The van der Waals surface area contributed by atoms with Crippen molar-refractivity contribution in [2.45, 2.75) is 78.1 Å². The summed E-state index contributed by atoms with van der Waals surface area (Å²) >= 11 is 6.15. The smallest absolute Gasteiger partial charge is 0.0484 e. The molecule has 0 fully saturated rings. The fourth-order valence-corrected chi connectivity index (χ4v) is 8.31. The van der Waals surface area contributed by atoms with Gasteiger partial charge in [0.1, 0.15) is 0 Å². The van der Waals surface area contributed by atoms with E-state index >= 15 is 0 Å². The normalized spacial score (nSPS) is 11.9. The van der Waals surface area contributed by atoms with Gasteiger partial charge in [-0.3, -0.25) is 0 Å². The van der Waals surface area contributed by atoms with Gasteiger partial charge in [-0.1, -0.05) is 26.7 Å². The van der Waals surface area contributed by atoms with Crippen molar-refractivity contribution in [3.63, 3.8) is 0 Å². The molecular formula is C30H46N2S3. The molecule has 0 radical (unpaired) electrons. The number of rotatable bonds is 16. The Kier molecular flexibility index (Phi) is 12.0. The van der Waals surface area contributed by atoms with Crippen LogP contribution in [0, 0.1) is 0 Å². The van der Waals surface area contributed by atoms with Gasteiger partial charge in [-0.15, -0.1) is 34.0 Å². The molecule has 0 aliphatic carbocycles. The van der Waals surface area contributed by atoms with E-state index in [1.807, 2.05) is 22.7 Å². The van der Waals surface area contributed by atoms with Gasteiger partial charge < -0.3 is 9.80 Å². The highest BCUT2D eigenvalue weighted by Crippen LogP contribution is 2.47. The predicted octanol–water partition coefficient (Wildman–Crippen LogP) is 8.88. The Hall–Kier alpha value is -0.980. The lowest BCUT2D eigenvalue weighted by atomic mass is 9.97. The third-order valence-corrected chi connectivity index (χ3v) is 10.4. The minimum absolute atomic E-state index is 1.16. The summed E-state index contributed by atoms with van der Waals surface area (Å²) in [7, 11) is 8.68. The average Bonchev–Trinajstić information content (AvgIpc) is 3.54. The molecule has 35 heavy (non-hydrogen) atoms. The molecule has 0 aliphatic rings. The fourth-order valence-electron chi connectivity index (χ4n) is 4.54. The van der Waals surface area contributed by atoms with Crippen LogP contribution in [-0.4, -0.2) is 51.1 Å². The van der Waals surface area contributed by atoms with E-state index in [9.17, 15) is 0 Å². The molecule has 0 aromatic carbocycles. The third-order valence-electron chi connectivity index (χ3n) is 6.51. The van der Waals surface area contributed by atoms with Crippen LogP contribution in [0.1, 0.15) is 73.3 Å². The minimum Gasteiger partial charge on any atom is -0.309 e. The second-order valence-corrected chi connectivity index (χ2v) is 13.6. The molecule has 3 aromatic heterocycles. The van der Waals surface area contributed by atoms with Gasteiger partial charge in [-0.05, 0) is 128 Å². The largest absolute Gasteiger partial charge is 0.309 e. The van der Waals surface area contributed by atoms with Crippen molar-refractivity contribution in [1.82, 2.24) is 9.80 Å². The Morgan fingerprint density at radius 2 is 0.971 bits per heavy atom. The van der Waals surface area contributed by atoms with Gasteiger partial charge in [0, 0.05) is 29.3 Å². The molecule has 0 N–H and O–H groups in total. The standard InChI is InChI=1S/C30H46N2S3/c1-7-9-15-25-26(16-10-8-2)30(28-20-18-24(34-28)14-12-22-32(5)6)35-29(25)27-19-17-23(33-27)13-11-21-31(3)4/h17-20H,7-16,21-22H2,1-6H3. The Labute approximate surface area is 227 Å². The van der Waals surface area contributed by atoms with Crippen molar-refractivity contribution in [1.29, 1.82) is 0 Å². The van der Waals surface area contributed by atoms with E-state index < -0.39 is 0 Å². The number of hydrogen-bond donors (Lipinski definition) is 0. The molecule has 0 unspecified atom stereocenters. The van der Waals surface area contributed by atoms with Crippen molar-refractivity contribution in [2.24, 2.45) is 0 Å². The van der Waals surface area contributed by atoms with E-state index in [0.717, 1.165) is 13.1 Å². The lowest BCUT2D eigenvalue weighted by Gasteiger charge is -2.08. The van der Waals surface area contributed by atoms with Crippen LogP contribution in [0.4, 0.5) is 0 Å². The van der Waals surface area contributed by atoms with Crippen molar-refractivity contribution in [3.05, 3.63) is 45.1 Å². The number of hydrogen-bond acceptors (Lipinski definition) is 5. The summed E-state index contributed by atoms with van der Waals surface area (Å²) < 4.78 is 0. The van der Waals surface area contributed by atoms with E-state index in [2.05, 4.69) is 87.4 Å². The van der Waals surface area contributed by atoms with E-state index in [4.69, 9.17) is 0 Å². The molecule has 3 rings (SSSR count). The van der Waals surface area contributed by atoms with Crippen LogP contribution in [0.15, 0.2) is 24.3 Å². The first kappa shape index (κ1) is 28.6. The highest BCUT2D eigenvalue weighted by Gasteiger charge is 2.22. The van der Waals surface area contributed by atoms with Crippen molar-refractivity contribution in [3.8, 4) is 19.5 Å². The van der Waals surface area contributed by atoms with E-state index in [1.165, 1.54) is 83.7 Å². The Bertz CT molecular complexity index is 930. The molecule has 0 aliphatic heterocycles. The summed E-state index contributed by atoms with van der Waals surface area (Å²) in [4.78, 5) is 13.8. The predicted molar refractivity (Wildman–Crippen MR) is 162 cm³/mol. The summed E-state index contributed by atoms with van der Waals surface area (Å²) in [6, 6.07) is 9.59. The van der Waals surface area contributed by atoms with E-state index in [1.54, 1.807) is 20.9 Å². The Morgan fingerprint density at radius 3 is 1.34 bits per heavy atom. The van der Waals surface area contributed by atoms with Gasteiger partial charge in [0.15, 0.2) is 0 Å². The van der Waals surface area contributed by atoms with Crippen LogP contribution >= 0.6 is 34.0 Å². The molecule has 0 saturated heterocycles. The van der Waals surface area contributed by atoms with Crippen LogP contribution in [0.5, 0.6) is 0 Å². The van der Waals surface area contributed by atoms with Crippen molar-refractivity contribution in [2.75, 3.05) is 41.3 Å². The van der Waals surface area contributed by atoms with E-state index in [0.29, 0.717) is 0 Å². The second-order valence-electron chi connectivity index (χ2n) is 10.3. The molecule has 0 atom stereocenters. The summed E-state index contributed by atoms with van der Waals surface area (Å²) in [5.41, 5.74) is 3.31. The van der Waals surface area contributed by atoms with Crippen LogP contribution in [0.2, 0.25) is 0 Å². The first-order valence-corrected chi connectivity index (χ1v) is 16.0. The molecule has 0 bridgehead atoms. The zero-order valence-electron chi connectivity index (χ0n) is 22.9. The van der Waals surface area contributed by atoms with Crippen molar-refractivity contribution >= 4 is 34.0 Å². The molecule has 5 heteroatoms. The van der Waals surface area contributed by atoms with Crippen LogP contribution in [0.3, 0.4) is 0 Å². The maximum Gasteiger partial charge on any atom is 0.0484 e. The molecule has 3 aromatic rings. The molecule has 0 saturated carbocycles. The first-order valence-electron chi connectivity index (χ1n) is 13.5. The summed E-state index contributed by atoms with van der Waals surface area (Å²) in [6.45, 7) is 6.97. The van der Waals surface area contributed by atoms with Gasteiger partial charge in [0.05, 0.1) is 0 Å². The quantitative estimate of drug-likeness (QED) is 0.182. The minimum atomic E-state index is 1.16. The number of thiophene rings is 3. The van der Waals surface area contributed by atoms with Gasteiger partial charge in [0.2, 0.25) is 0 Å². The van der Waals surface area contributed by atoms with Crippen LogP contribution in [0.25, 0.3) is 19.5 Å². The van der Waals surface area contributed by atoms with Crippen LogP contribution in [-0.2, 0) is 25.7 Å². The summed E-state index contributed by atoms with van der Waals surface area (Å²) in [5.74, 6) is 0. The van der Waals surface area contributed by atoms with Gasteiger partial charge >= 0.3 is 0 Å².